The molecular weight excluding hydrogens is 132 g/mol. The molecule has 0 saturated carbocycles. The molecular formula is C11H16. The standard InChI is InChI=1S/C11H16/c1-2-4-7-11-9-5-8-10(11)6-3-1/h1-2,8,11H,3-7,9H2. The van der Waals surface area contributed by atoms with Crippen LogP contribution >= 0.6 is 0 Å². The topological polar surface area (TPSA) is 0 Å². The Morgan fingerprint density at radius 3 is 2.82 bits per heavy atom. The lowest BCUT2D eigenvalue weighted by molar-refractivity contribution is 0.538. The average molecular weight is 148 g/mol. The zero-order valence-electron chi connectivity index (χ0n) is 7.05. The first-order valence-corrected chi connectivity index (χ1v) is 4.81. The molecule has 0 heterocycles. The molecule has 0 nitrogen and oxygen atoms in total. The van der Waals surface area contributed by atoms with Gasteiger partial charge in [0, 0.05) is 0 Å². The Labute approximate surface area is 69.0 Å². The van der Waals surface area contributed by atoms with E-state index in [2.05, 4.69) is 18.2 Å². The van der Waals surface area contributed by atoms with Crippen molar-refractivity contribution in [2.45, 2.75) is 38.5 Å². The predicted octanol–water partition coefficient (Wildman–Crippen LogP) is 3.45. The van der Waals surface area contributed by atoms with Crippen LogP contribution in [0.3, 0.4) is 0 Å². The SMILES string of the molecule is C1=CCCC2CCC=C2CC1. The van der Waals surface area contributed by atoms with Crippen molar-refractivity contribution in [2.24, 2.45) is 5.92 Å². The quantitative estimate of drug-likeness (QED) is 0.461. The van der Waals surface area contributed by atoms with Gasteiger partial charge in [0.05, 0.1) is 0 Å². The molecule has 0 fully saturated rings. The molecule has 0 N–H and O–H groups in total. The molecule has 0 saturated heterocycles. The zero-order valence-corrected chi connectivity index (χ0v) is 7.05. The first kappa shape index (κ1) is 7.15. The van der Waals surface area contributed by atoms with Gasteiger partial charge in [-0.2, -0.15) is 0 Å². The van der Waals surface area contributed by atoms with Crippen molar-refractivity contribution in [3.05, 3.63) is 23.8 Å². The Morgan fingerprint density at radius 2 is 1.82 bits per heavy atom. The highest BCUT2D eigenvalue weighted by atomic mass is 14.2. The molecule has 0 bridgehead atoms. The first-order chi connectivity index (χ1) is 5.47. The highest BCUT2D eigenvalue weighted by Crippen LogP contribution is 2.33. The van der Waals surface area contributed by atoms with Crippen molar-refractivity contribution in [1.29, 1.82) is 0 Å². The molecule has 0 aliphatic heterocycles. The maximum atomic E-state index is 2.48. The molecule has 1 unspecified atom stereocenters. The van der Waals surface area contributed by atoms with Crippen LogP contribution in [0.1, 0.15) is 38.5 Å². The van der Waals surface area contributed by atoms with E-state index in [4.69, 9.17) is 0 Å². The normalized spacial score (nSPS) is 30.5. The lowest BCUT2D eigenvalue weighted by atomic mass is 9.91. The van der Waals surface area contributed by atoms with Crippen LogP contribution in [0.2, 0.25) is 0 Å². The van der Waals surface area contributed by atoms with Crippen LogP contribution in [-0.4, -0.2) is 0 Å². The average Bonchev–Trinajstić information content (AvgIpc) is 2.35. The number of allylic oxidation sites excluding steroid dienone is 4. The Kier molecular flexibility index (Phi) is 2.11. The second-order valence-corrected chi connectivity index (χ2v) is 3.64. The second kappa shape index (κ2) is 3.25. The van der Waals surface area contributed by atoms with Gasteiger partial charge in [0.2, 0.25) is 0 Å². The van der Waals surface area contributed by atoms with Gasteiger partial charge < -0.3 is 0 Å². The van der Waals surface area contributed by atoms with Gasteiger partial charge in [0.15, 0.2) is 0 Å². The largest absolute Gasteiger partial charge is 0.0885 e. The Hall–Kier alpha value is -0.520. The first-order valence-electron chi connectivity index (χ1n) is 4.81. The molecule has 0 aromatic rings. The third-order valence-corrected chi connectivity index (χ3v) is 2.89. The minimum Gasteiger partial charge on any atom is -0.0885 e. The van der Waals surface area contributed by atoms with Gasteiger partial charge in [0.1, 0.15) is 0 Å². The zero-order chi connectivity index (χ0) is 7.52. The number of rotatable bonds is 0. The minimum absolute atomic E-state index is 0.958. The monoisotopic (exact) mass is 148 g/mol. The summed E-state index contributed by atoms with van der Waals surface area (Å²) < 4.78 is 0. The van der Waals surface area contributed by atoms with Crippen LogP contribution in [-0.2, 0) is 0 Å². The molecule has 0 aromatic carbocycles. The summed E-state index contributed by atoms with van der Waals surface area (Å²) in [5, 5.41) is 0. The van der Waals surface area contributed by atoms with Gasteiger partial charge in [-0.15, -0.1) is 0 Å². The van der Waals surface area contributed by atoms with Crippen LogP contribution in [0.25, 0.3) is 0 Å². The van der Waals surface area contributed by atoms with E-state index in [0.29, 0.717) is 0 Å². The van der Waals surface area contributed by atoms with E-state index in [1.54, 1.807) is 5.57 Å². The summed E-state index contributed by atoms with van der Waals surface area (Å²) in [5.41, 5.74) is 1.76. The number of hydrogen-bond donors (Lipinski definition) is 0. The molecule has 0 aromatic heterocycles. The Morgan fingerprint density at radius 1 is 1.00 bits per heavy atom. The molecule has 0 heteroatoms. The number of fused-ring (bicyclic) bond motifs is 1. The Balaban J connectivity index is 2.06. The molecule has 2 aliphatic rings. The predicted molar refractivity (Wildman–Crippen MR) is 48.4 cm³/mol. The van der Waals surface area contributed by atoms with Crippen molar-refractivity contribution in [3.8, 4) is 0 Å². The summed E-state index contributed by atoms with van der Waals surface area (Å²) >= 11 is 0. The molecule has 0 spiro atoms. The molecule has 2 aliphatic carbocycles. The van der Waals surface area contributed by atoms with Gasteiger partial charge in [-0.3, -0.25) is 0 Å². The summed E-state index contributed by atoms with van der Waals surface area (Å²) in [5.74, 6) is 0.958. The van der Waals surface area contributed by atoms with Crippen LogP contribution < -0.4 is 0 Å². The van der Waals surface area contributed by atoms with E-state index in [-0.39, 0.29) is 0 Å². The smallest absolute Gasteiger partial charge is 0.0197 e. The third kappa shape index (κ3) is 1.55. The highest BCUT2D eigenvalue weighted by molar-refractivity contribution is 5.14. The molecule has 0 radical (unpaired) electrons. The van der Waals surface area contributed by atoms with Crippen molar-refractivity contribution >= 4 is 0 Å². The van der Waals surface area contributed by atoms with Gasteiger partial charge in [-0.1, -0.05) is 23.8 Å². The van der Waals surface area contributed by atoms with E-state index in [0.717, 1.165) is 5.92 Å². The molecule has 2 rings (SSSR count). The summed E-state index contributed by atoms with van der Waals surface area (Å²) in [6.07, 6.45) is 15.3. The van der Waals surface area contributed by atoms with Crippen molar-refractivity contribution in [2.75, 3.05) is 0 Å². The fraction of sp³-hybridized carbons (Fsp3) is 0.636. The molecule has 1 atom stereocenters. The highest BCUT2D eigenvalue weighted by Gasteiger charge is 2.18. The third-order valence-electron chi connectivity index (χ3n) is 2.89. The lowest BCUT2D eigenvalue weighted by Gasteiger charge is -2.15. The van der Waals surface area contributed by atoms with E-state index in [9.17, 15) is 0 Å². The number of hydrogen-bond acceptors (Lipinski definition) is 0. The maximum Gasteiger partial charge on any atom is -0.0197 e. The maximum absolute atomic E-state index is 2.48. The summed E-state index contributed by atoms with van der Waals surface area (Å²) in [6, 6.07) is 0. The summed E-state index contributed by atoms with van der Waals surface area (Å²) in [7, 11) is 0. The van der Waals surface area contributed by atoms with Crippen molar-refractivity contribution < 1.29 is 0 Å². The second-order valence-electron chi connectivity index (χ2n) is 3.64. The van der Waals surface area contributed by atoms with Crippen molar-refractivity contribution in [3.63, 3.8) is 0 Å². The minimum atomic E-state index is 0.958. The molecule has 11 heavy (non-hydrogen) atoms. The van der Waals surface area contributed by atoms with Crippen LogP contribution in [0.15, 0.2) is 23.8 Å². The summed E-state index contributed by atoms with van der Waals surface area (Å²) in [6.45, 7) is 0. The van der Waals surface area contributed by atoms with Gasteiger partial charge in [-0.25, -0.2) is 0 Å². The Bertz CT molecular complexity index is 186. The fourth-order valence-electron chi connectivity index (χ4n) is 2.24. The fourth-order valence-corrected chi connectivity index (χ4v) is 2.24. The van der Waals surface area contributed by atoms with E-state index in [1.165, 1.54) is 38.5 Å². The molecule has 60 valence electrons. The summed E-state index contributed by atoms with van der Waals surface area (Å²) in [4.78, 5) is 0. The van der Waals surface area contributed by atoms with E-state index < -0.39 is 0 Å². The van der Waals surface area contributed by atoms with E-state index >= 15 is 0 Å². The van der Waals surface area contributed by atoms with Crippen molar-refractivity contribution in [1.82, 2.24) is 0 Å². The van der Waals surface area contributed by atoms with Gasteiger partial charge >= 0.3 is 0 Å². The van der Waals surface area contributed by atoms with Crippen LogP contribution in [0.5, 0.6) is 0 Å². The van der Waals surface area contributed by atoms with E-state index in [1.807, 2.05) is 0 Å². The molecule has 0 amide bonds. The van der Waals surface area contributed by atoms with Gasteiger partial charge in [0.25, 0.3) is 0 Å². The lowest BCUT2D eigenvalue weighted by Crippen LogP contribution is -2.00. The van der Waals surface area contributed by atoms with Crippen LogP contribution in [0, 0.1) is 5.92 Å². The van der Waals surface area contributed by atoms with Crippen LogP contribution in [0.4, 0.5) is 0 Å². The van der Waals surface area contributed by atoms with Gasteiger partial charge in [-0.05, 0) is 44.4 Å².